The van der Waals surface area contributed by atoms with E-state index in [0.29, 0.717) is 17.5 Å². The molecule has 3 aromatic heterocycles. The van der Waals surface area contributed by atoms with Gasteiger partial charge in [0.05, 0.1) is 16.7 Å². The third-order valence-corrected chi connectivity index (χ3v) is 14.5. The number of thiophene rings is 1. The standard InChI is InChI=1S/C61H36N4S/c1-3-14-39-30-45(26-24-37(39)12-1)59-62-60(46-27-25-38-13-2-4-15-40(38)31-46)64-61(63-59)47-28-29-53(50(34-47)48-21-11-23-57-58(48)49-20-9-10-22-56(49)66-57)65-54-35-43-18-7-5-16-41(43)32-51(54)52-33-42-17-6-8-19-44(42)36-55(52)65/h1-36H. The van der Waals surface area contributed by atoms with Crippen molar-refractivity contribution in [3.05, 3.63) is 218 Å². The summed E-state index contributed by atoms with van der Waals surface area (Å²) >= 11 is 1.84. The van der Waals surface area contributed by atoms with Crippen LogP contribution in [0.15, 0.2) is 218 Å². The van der Waals surface area contributed by atoms with Crippen LogP contribution >= 0.6 is 11.3 Å². The summed E-state index contributed by atoms with van der Waals surface area (Å²) in [5, 5.41) is 14.4. The fourth-order valence-electron chi connectivity index (χ4n) is 10.2. The molecule has 306 valence electrons. The van der Waals surface area contributed by atoms with Gasteiger partial charge >= 0.3 is 0 Å². The van der Waals surface area contributed by atoms with Crippen molar-refractivity contribution in [2.75, 3.05) is 0 Å². The lowest BCUT2D eigenvalue weighted by atomic mass is 9.95. The first-order valence-corrected chi connectivity index (χ1v) is 23.1. The maximum atomic E-state index is 5.34. The van der Waals surface area contributed by atoms with Crippen LogP contribution in [0.5, 0.6) is 0 Å². The first kappa shape index (κ1) is 36.9. The third-order valence-electron chi connectivity index (χ3n) is 13.3. The van der Waals surface area contributed by atoms with Crippen LogP contribution in [0.25, 0.3) is 136 Å². The largest absolute Gasteiger partial charge is 0.309 e. The molecule has 0 bridgehead atoms. The van der Waals surface area contributed by atoms with Gasteiger partial charge in [0.25, 0.3) is 0 Å². The van der Waals surface area contributed by atoms with Gasteiger partial charge in [-0.2, -0.15) is 0 Å². The van der Waals surface area contributed by atoms with E-state index in [1.165, 1.54) is 63.3 Å². The zero-order chi connectivity index (χ0) is 43.3. The molecule has 11 aromatic carbocycles. The van der Waals surface area contributed by atoms with Crippen molar-refractivity contribution in [1.82, 2.24) is 19.5 Å². The molecule has 0 radical (unpaired) electrons. The van der Waals surface area contributed by atoms with E-state index in [-0.39, 0.29) is 0 Å². The van der Waals surface area contributed by atoms with Crippen LogP contribution in [0.1, 0.15) is 0 Å². The molecule has 0 amide bonds. The van der Waals surface area contributed by atoms with Gasteiger partial charge < -0.3 is 4.57 Å². The van der Waals surface area contributed by atoms with Crippen molar-refractivity contribution in [2.24, 2.45) is 0 Å². The molecule has 4 nitrogen and oxygen atoms in total. The monoisotopic (exact) mass is 856 g/mol. The van der Waals surface area contributed by atoms with Crippen LogP contribution in [-0.2, 0) is 0 Å². The highest BCUT2D eigenvalue weighted by Crippen LogP contribution is 2.45. The van der Waals surface area contributed by atoms with Gasteiger partial charge in [-0.05, 0) is 115 Å². The molecule has 0 aliphatic rings. The second-order valence-corrected chi connectivity index (χ2v) is 18.3. The fourth-order valence-corrected chi connectivity index (χ4v) is 11.3. The van der Waals surface area contributed by atoms with E-state index in [9.17, 15) is 0 Å². The zero-order valence-corrected chi connectivity index (χ0v) is 36.3. The molecule has 14 rings (SSSR count). The smallest absolute Gasteiger partial charge is 0.164 e. The zero-order valence-electron chi connectivity index (χ0n) is 35.5. The molecule has 0 saturated heterocycles. The van der Waals surface area contributed by atoms with Crippen LogP contribution in [0, 0.1) is 0 Å². The molecule has 66 heavy (non-hydrogen) atoms. The predicted octanol–water partition coefficient (Wildman–Crippen LogP) is 16.6. The van der Waals surface area contributed by atoms with Crippen molar-refractivity contribution >= 4 is 96.4 Å². The van der Waals surface area contributed by atoms with Crippen molar-refractivity contribution in [2.45, 2.75) is 0 Å². The van der Waals surface area contributed by atoms with Crippen LogP contribution in [0.4, 0.5) is 0 Å². The normalized spacial score (nSPS) is 11.9. The molecule has 0 unspecified atom stereocenters. The number of nitrogens with zero attached hydrogens (tertiary/aromatic N) is 4. The number of hydrogen-bond donors (Lipinski definition) is 0. The number of rotatable bonds is 5. The highest BCUT2D eigenvalue weighted by atomic mass is 32.1. The second kappa shape index (κ2) is 14.5. The van der Waals surface area contributed by atoms with E-state index in [1.54, 1.807) is 0 Å². The lowest BCUT2D eigenvalue weighted by Gasteiger charge is -2.17. The van der Waals surface area contributed by atoms with Gasteiger partial charge in [-0.15, -0.1) is 11.3 Å². The van der Waals surface area contributed by atoms with Crippen LogP contribution in [-0.4, -0.2) is 19.5 Å². The summed E-state index contributed by atoms with van der Waals surface area (Å²) in [5.74, 6) is 1.88. The molecule has 5 heteroatoms. The minimum atomic E-state index is 0.616. The lowest BCUT2D eigenvalue weighted by molar-refractivity contribution is 1.07. The predicted molar refractivity (Wildman–Crippen MR) is 279 cm³/mol. The van der Waals surface area contributed by atoms with Crippen LogP contribution in [0.3, 0.4) is 0 Å². The van der Waals surface area contributed by atoms with Gasteiger partial charge in [-0.25, -0.2) is 15.0 Å². The van der Waals surface area contributed by atoms with Crippen molar-refractivity contribution in [3.63, 3.8) is 0 Å². The third kappa shape index (κ3) is 5.87. The maximum absolute atomic E-state index is 5.34. The van der Waals surface area contributed by atoms with E-state index in [1.807, 2.05) is 11.3 Å². The molecule has 0 aliphatic heterocycles. The Labute approximate surface area is 383 Å². The summed E-state index contributed by atoms with van der Waals surface area (Å²) in [6.45, 7) is 0. The molecular weight excluding hydrogens is 821 g/mol. The molecule has 0 spiro atoms. The van der Waals surface area contributed by atoms with Crippen LogP contribution in [0.2, 0.25) is 0 Å². The molecule has 0 atom stereocenters. The highest BCUT2D eigenvalue weighted by molar-refractivity contribution is 7.25. The number of benzene rings is 11. The molecular formula is C61H36N4S. The summed E-state index contributed by atoms with van der Waals surface area (Å²) in [4.78, 5) is 15.9. The lowest BCUT2D eigenvalue weighted by Crippen LogP contribution is -2.02. The Balaban J connectivity index is 1.07. The fraction of sp³-hybridized carbons (Fsp3) is 0. The first-order valence-electron chi connectivity index (χ1n) is 22.3. The Kier molecular flexibility index (Phi) is 8.12. The quantitative estimate of drug-likeness (QED) is 0.173. The summed E-state index contributed by atoms with van der Waals surface area (Å²) in [6, 6.07) is 79.0. The van der Waals surface area contributed by atoms with E-state index in [0.717, 1.165) is 55.3 Å². The number of aromatic nitrogens is 4. The molecule has 0 fully saturated rings. The Bertz CT molecular complexity index is 4120. The van der Waals surface area contributed by atoms with Gasteiger partial charge in [0.15, 0.2) is 17.5 Å². The number of hydrogen-bond acceptors (Lipinski definition) is 4. The van der Waals surface area contributed by atoms with E-state index >= 15 is 0 Å². The number of fused-ring (bicyclic) bond motifs is 10. The minimum Gasteiger partial charge on any atom is -0.309 e. The van der Waals surface area contributed by atoms with E-state index in [4.69, 9.17) is 15.0 Å². The molecule has 3 heterocycles. The Morgan fingerprint density at radius 1 is 0.303 bits per heavy atom. The summed E-state index contributed by atoms with van der Waals surface area (Å²) in [7, 11) is 0. The molecule has 14 aromatic rings. The average molecular weight is 857 g/mol. The molecule has 0 saturated carbocycles. The van der Waals surface area contributed by atoms with Gasteiger partial charge in [0.1, 0.15) is 0 Å². The summed E-state index contributed by atoms with van der Waals surface area (Å²) in [5.41, 5.74) is 8.46. The van der Waals surface area contributed by atoms with E-state index in [2.05, 4.69) is 223 Å². The van der Waals surface area contributed by atoms with Crippen molar-refractivity contribution in [3.8, 4) is 51.0 Å². The topological polar surface area (TPSA) is 43.6 Å². The SMILES string of the molecule is c1ccc2cc(-c3nc(-c4ccc(-n5c6cc7ccccc7cc6c6cc7ccccc7cc65)c(-c5cccc6sc7ccccc7c56)c4)nc(-c4ccc5ccccc5c4)n3)ccc2c1. The minimum absolute atomic E-state index is 0.616. The molecule has 0 N–H and O–H groups in total. The second-order valence-electron chi connectivity index (χ2n) is 17.2. The van der Waals surface area contributed by atoms with E-state index < -0.39 is 0 Å². The van der Waals surface area contributed by atoms with Gasteiger partial charge in [0, 0.05) is 53.2 Å². The van der Waals surface area contributed by atoms with Crippen molar-refractivity contribution < 1.29 is 0 Å². The molecule has 0 aliphatic carbocycles. The maximum Gasteiger partial charge on any atom is 0.164 e. The van der Waals surface area contributed by atoms with Crippen molar-refractivity contribution in [1.29, 1.82) is 0 Å². The van der Waals surface area contributed by atoms with Gasteiger partial charge in [0.2, 0.25) is 0 Å². The Hall–Kier alpha value is -8.51. The first-order chi connectivity index (χ1) is 32.7. The van der Waals surface area contributed by atoms with Gasteiger partial charge in [-0.1, -0.05) is 152 Å². The Morgan fingerprint density at radius 3 is 1.30 bits per heavy atom. The average Bonchev–Trinajstić information content (AvgIpc) is 3.91. The summed E-state index contributed by atoms with van der Waals surface area (Å²) in [6.07, 6.45) is 0. The van der Waals surface area contributed by atoms with Gasteiger partial charge in [-0.3, -0.25) is 0 Å². The van der Waals surface area contributed by atoms with Crippen LogP contribution < -0.4 is 0 Å². The Morgan fingerprint density at radius 2 is 0.742 bits per heavy atom. The summed E-state index contributed by atoms with van der Waals surface area (Å²) < 4.78 is 5.01. The highest BCUT2D eigenvalue weighted by Gasteiger charge is 2.22.